The lowest BCUT2D eigenvalue weighted by atomic mass is 9.93. The summed E-state index contributed by atoms with van der Waals surface area (Å²) >= 11 is 1.94. The third-order valence-corrected chi connectivity index (χ3v) is 13.7. The normalized spacial score (nSPS) is 13.7. The van der Waals surface area contributed by atoms with E-state index in [1.165, 1.54) is 63.9 Å². The quantitative estimate of drug-likeness (QED) is 0.179. The van der Waals surface area contributed by atoms with Crippen LogP contribution >= 0.6 is 11.3 Å². The van der Waals surface area contributed by atoms with Gasteiger partial charge in [0.25, 0.3) is 0 Å². The largest absolute Gasteiger partial charge is 0.438 e. The van der Waals surface area contributed by atoms with E-state index in [-0.39, 0.29) is 0 Å². The minimum absolute atomic E-state index is 0.618. The second-order valence-corrected chi connectivity index (χ2v) is 16.9. The van der Waals surface area contributed by atoms with E-state index < -0.39 is 0 Å². The standard InChI is InChI=1S/C54H35N3OS/c1-3-15-32(16-4-1)35-29-36(33-17-5-2-6-18-33)31-37(30-35)52-55-53(48-41-23-11-13-25-44(41)58-54(48)56-52)57-43-28-27-34-19-7-8-20-38(34)46(43)49-47-42-24-12-14-26-45(42)59-51(47)40-22-10-9-21-39(40)50(49)57/h1-10,13-22,25-31H,11-12,23-24H2. The van der Waals surface area contributed by atoms with Gasteiger partial charge < -0.3 is 4.42 Å². The minimum atomic E-state index is 0.618. The van der Waals surface area contributed by atoms with E-state index in [2.05, 4.69) is 168 Å². The van der Waals surface area contributed by atoms with Crippen molar-refractivity contribution in [3.05, 3.63) is 173 Å². The molecular weight excluding hydrogens is 739 g/mol. The molecule has 4 heterocycles. The number of furan rings is 1. The summed E-state index contributed by atoms with van der Waals surface area (Å²) in [6.45, 7) is 0. The molecule has 0 amide bonds. The smallest absolute Gasteiger partial charge is 0.232 e. The van der Waals surface area contributed by atoms with Gasteiger partial charge >= 0.3 is 0 Å². The van der Waals surface area contributed by atoms with Crippen LogP contribution < -0.4 is 0 Å². The average molecular weight is 774 g/mol. The van der Waals surface area contributed by atoms with E-state index >= 15 is 0 Å². The molecule has 0 aliphatic heterocycles. The average Bonchev–Trinajstić information content (AvgIpc) is 3.99. The molecule has 0 N–H and O–H groups in total. The molecule has 4 aromatic heterocycles. The first kappa shape index (κ1) is 32.9. The van der Waals surface area contributed by atoms with Crippen LogP contribution in [0.2, 0.25) is 0 Å². The molecule has 278 valence electrons. The lowest BCUT2D eigenvalue weighted by Crippen LogP contribution is -2.04. The van der Waals surface area contributed by atoms with Crippen molar-refractivity contribution < 1.29 is 4.42 Å². The summed E-state index contributed by atoms with van der Waals surface area (Å²) in [5, 5.41) is 9.93. The van der Waals surface area contributed by atoms with Crippen molar-refractivity contribution in [2.24, 2.45) is 0 Å². The van der Waals surface area contributed by atoms with Crippen LogP contribution in [0.15, 0.2) is 156 Å². The van der Waals surface area contributed by atoms with E-state index in [1.807, 2.05) is 11.3 Å². The molecule has 11 aromatic rings. The third-order valence-electron chi connectivity index (χ3n) is 12.5. The van der Waals surface area contributed by atoms with Crippen LogP contribution in [0.25, 0.3) is 116 Å². The van der Waals surface area contributed by atoms with Crippen molar-refractivity contribution >= 4 is 88.0 Å². The molecular formula is C54H35N3OS. The highest BCUT2D eigenvalue weighted by Gasteiger charge is 2.29. The van der Waals surface area contributed by atoms with Crippen LogP contribution in [-0.4, -0.2) is 14.5 Å². The number of thiophene rings is 1. The molecule has 13 rings (SSSR count). The van der Waals surface area contributed by atoms with Gasteiger partial charge in [-0.05, 0) is 101 Å². The van der Waals surface area contributed by atoms with Gasteiger partial charge in [-0.1, -0.05) is 127 Å². The minimum Gasteiger partial charge on any atom is -0.438 e. The molecule has 0 saturated heterocycles. The van der Waals surface area contributed by atoms with E-state index in [1.54, 1.807) is 0 Å². The van der Waals surface area contributed by atoms with Gasteiger partial charge in [0.2, 0.25) is 5.71 Å². The number of hydrogen-bond donors (Lipinski definition) is 0. The fourth-order valence-corrected chi connectivity index (χ4v) is 11.2. The van der Waals surface area contributed by atoms with Gasteiger partial charge in [-0.2, -0.15) is 4.98 Å². The second-order valence-electron chi connectivity index (χ2n) is 15.8. The van der Waals surface area contributed by atoms with Crippen molar-refractivity contribution in [2.75, 3.05) is 0 Å². The topological polar surface area (TPSA) is 43.9 Å². The summed E-state index contributed by atoms with van der Waals surface area (Å²) in [6.07, 6.45) is 12.9. The van der Waals surface area contributed by atoms with Crippen LogP contribution in [0.1, 0.15) is 34.6 Å². The molecule has 4 nitrogen and oxygen atoms in total. The zero-order valence-electron chi connectivity index (χ0n) is 32.1. The summed E-state index contributed by atoms with van der Waals surface area (Å²) in [5.74, 6) is 2.37. The molecule has 2 aliphatic rings. The highest BCUT2D eigenvalue weighted by atomic mass is 32.1. The van der Waals surface area contributed by atoms with E-state index in [9.17, 15) is 0 Å². The molecule has 0 fully saturated rings. The van der Waals surface area contributed by atoms with Crippen molar-refractivity contribution in [1.29, 1.82) is 0 Å². The summed E-state index contributed by atoms with van der Waals surface area (Å²) in [5.41, 5.74) is 11.0. The Morgan fingerprint density at radius 3 is 1.97 bits per heavy atom. The fraction of sp³-hybridized carbons (Fsp3) is 0.0741. The van der Waals surface area contributed by atoms with Crippen molar-refractivity contribution in [3.63, 3.8) is 0 Å². The first-order valence-corrected chi connectivity index (χ1v) is 21.3. The summed E-state index contributed by atoms with van der Waals surface area (Å²) in [7, 11) is 0. The van der Waals surface area contributed by atoms with Gasteiger partial charge in [0.05, 0.1) is 16.4 Å². The molecule has 0 radical (unpaired) electrons. The maximum Gasteiger partial charge on any atom is 0.232 e. The molecule has 0 unspecified atom stereocenters. The fourth-order valence-electron chi connectivity index (χ4n) is 9.90. The van der Waals surface area contributed by atoms with Gasteiger partial charge in [0.1, 0.15) is 5.76 Å². The van der Waals surface area contributed by atoms with Crippen LogP contribution in [0.5, 0.6) is 0 Å². The third kappa shape index (κ3) is 4.89. The molecule has 7 aromatic carbocycles. The Hall–Kier alpha value is -7.08. The Morgan fingerprint density at radius 1 is 0.525 bits per heavy atom. The monoisotopic (exact) mass is 773 g/mol. The van der Waals surface area contributed by atoms with Gasteiger partial charge in [-0.15, -0.1) is 11.3 Å². The number of nitrogens with zero attached hydrogens (tertiary/aromatic N) is 3. The Kier molecular flexibility index (Phi) is 7.10. The number of benzene rings is 7. The number of aryl methyl sites for hydroxylation is 2. The maximum absolute atomic E-state index is 6.78. The van der Waals surface area contributed by atoms with E-state index in [4.69, 9.17) is 14.4 Å². The molecule has 0 spiro atoms. The predicted molar refractivity (Wildman–Crippen MR) is 248 cm³/mol. The Bertz CT molecular complexity index is 3550. The SMILES string of the molecule is C1=Cc2oc3nc(-c4cc(-c5ccccc5)cc(-c5ccccc5)c4)nc(-n4c5ccc6ccccc6c5c5c6c7c(sc6c6ccccc6c54)C=CCC7)c3c2CC1. The van der Waals surface area contributed by atoms with E-state index in [0.29, 0.717) is 11.5 Å². The lowest BCUT2D eigenvalue weighted by molar-refractivity contribution is 0.584. The Morgan fingerprint density at radius 2 is 1.19 bits per heavy atom. The maximum atomic E-state index is 6.78. The Balaban J connectivity index is 1.21. The number of allylic oxidation sites excluding steroid dienone is 2. The number of aromatic nitrogens is 3. The number of hydrogen-bond acceptors (Lipinski definition) is 4. The molecule has 59 heavy (non-hydrogen) atoms. The lowest BCUT2D eigenvalue weighted by Gasteiger charge is -2.15. The Labute approximate surface area is 344 Å². The first-order chi connectivity index (χ1) is 29.3. The zero-order valence-corrected chi connectivity index (χ0v) is 32.9. The zero-order chi connectivity index (χ0) is 38.6. The second kappa shape index (κ2) is 12.7. The van der Waals surface area contributed by atoms with Gasteiger partial charge in [-0.25, -0.2) is 4.98 Å². The predicted octanol–water partition coefficient (Wildman–Crippen LogP) is 14.8. The number of fused-ring (bicyclic) bond motifs is 15. The van der Waals surface area contributed by atoms with Crippen molar-refractivity contribution in [2.45, 2.75) is 25.7 Å². The first-order valence-electron chi connectivity index (χ1n) is 20.5. The summed E-state index contributed by atoms with van der Waals surface area (Å²) in [4.78, 5) is 12.5. The molecule has 0 atom stereocenters. The number of rotatable bonds is 4. The molecule has 0 saturated carbocycles. The van der Waals surface area contributed by atoms with E-state index in [0.717, 1.165) is 76.0 Å². The van der Waals surface area contributed by atoms with Gasteiger partial charge in [0, 0.05) is 47.6 Å². The van der Waals surface area contributed by atoms with Crippen molar-refractivity contribution in [1.82, 2.24) is 14.5 Å². The van der Waals surface area contributed by atoms with Crippen molar-refractivity contribution in [3.8, 4) is 39.5 Å². The summed E-state index contributed by atoms with van der Waals surface area (Å²) in [6, 6.07) is 50.4. The van der Waals surface area contributed by atoms with Crippen LogP contribution in [0.3, 0.4) is 0 Å². The van der Waals surface area contributed by atoms with Crippen LogP contribution in [0.4, 0.5) is 0 Å². The van der Waals surface area contributed by atoms with Gasteiger partial charge in [0.15, 0.2) is 11.6 Å². The van der Waals surface area contributed by atoms with Crippen LogP contribution in [-0.2, 0) is 12.8 Å². The molecule has 2 aliphatic carbocycles. The highest BCUT2D eigenvalue weighted by molar-refractivity contribution is 7.21. The summed E-state index contributed by atoms with van der Waals surface area (Å²) < 4.78 is 10.6. The van der Waals surface area contributed by atoms with Gasteiger partial charge in [-0.3, -0.25) is 4.57 Å². The highest BCUT2D eigenvalue weighted by Crippen LogP contribution is 2.50. The molecule has 5 heteroatoms. The molecule has 0 bridgehead atoms. The van der Waals surface area contributed by atoms with Crippen LogP contribution in [0, 0.1) is 0 Å².